The van der Waals surface area contributed by atoms with Crippen LogP contribution in [0.15, 0.2) is 18.5 Å². The number of nitrogens with one attached hydrogen (secondary N) is 1. The summed E-state index contributed by atoms with van der Waals surface area (Å²) in [4.78, 5) is 11.9. The number of amides is 1. The Bertz CT molecular complexity index is 413. The van der Waals surface area contributed by atoms with E-state index in [-0.39, 0.29) is 11.9 Å². The average Bonchev–Trinajstić information content (AvgIpc) is 3.02. The molecule has 1 aromatic heterocycles. The Labute approximate surface area is 126 Å². The zero-order valence-corrected chi connectivity index (χ0v) is 12.7. The Morgan fingerprint density at radius 3 is 2.90 bits per heavy atom. The molecule has 6 nitrogen and oxygen atoms in total. The zero-order chi connectivity index (χ0) is 15.1. The van der Waals surface area contributed by atoms with E-state index >= 15 is 0 Å². The molecule has 0 aromatic carbocycles. The van der Waals surface area contributed by atoms with Crippen molar-refractivity contribution in [2.24, 2.45) is 5.73 Å². The molecule has 3 N–H and O–H groups in total. The topological polar surface area (TPSA) is 82.2 Å². The molecule has 0 spiro atoms. The first-order valence-electron chi connectivity index (χ1n) is 7.81. The van der Waals surface area contributed by atoms with Gasteiger partial charge in [0, 0.05) is 31.6 Å². The van der Waals surface area contributed by atoms with Gasteiger partial charge in [0.2, 0.25) is 5.91 Å². The number of carbonyl (C=O) groups is 1. The average molecular weight is 294 g/mol. The maximum Gasteiger partial charge on any atom is 0.244 e. The van der Waals surface area contributed by atoms with Crippen molar-refractivity contribution < 1.29 is 9.53 Å². The number of hydrogen-bond donors (Lipinski definition) is 2. The van der Waals surface area contributed by atoms with Crippen molar-refractivity contribution in [2.45, 2.75) is 57.2 Å². The van der Waals surface area contributed by atoms with Gasteiger partial charge in [-0.15, -0.1) is 0 Å². The molecule has 1 amide bonds. The molecule has 1 unspecified atom stereocenters. The van der Waals surface area contributed by atoms with E-state index in [0.29, 0.717) is 25.3 Å². The Kier molecular flexibility index (Phi) is 6.20. The van der Waals surface area contributed by atoms with E-state index in [1.54, 1.807) is 17.1 Å². The summed E-state index contributed by atoms with van der Waals surface area (Å²) in [5.41, 5.74) is 5.86. The predicted octanol–water partition coefficient (Wildman–Crippen LogP) is 1.24. The molecule has 0 radical (unpaired) electrons. The molecule has 0 aliphatic heterocycles. The highest BCUT2D eigenvalue weighted by molar-refractivity contribution is 5.79. The van der Waals surface area contributed by atoms with Crippen LogP contribution in [0.2, 0.25) is 0 Å². The number of carbonyl (C=O) groups excluding carboxylic acids is 1. The number of rotatable bonds is 7. The number of hydrogen-bond acceptors (Lipinski definition) is 4. The third-order valence-electron chi connectivity index (χ3n) is 3.99. The first-order valence-corrected chi connectivity index (χ1v) is 7.81. The lowest BCUT2D eigenvalue weighted by Crippen LogP contribution is -2.33. The Hall–Kier alpha value is -1.40. The summed E-state index contributed by atoms with van der Waals surface area (Å²) in [5, 5.41) is 6.99. The van der Waals surface area contributed by atoms with Crippen LogP contribution in [0.1, 0.15) is 45.1 Å². The summed E-state index contributed by atoms with van der Waals surface area (Å²) >= 11 is 0. The second kappa shape index (κ2) is 8.14. The second-order valence-electron chi connectivity index (χ2n) is 5.71. The summed E-state index contributed by atoms with van der Waals surface area (Å²) in [6.07, 6.45) is 8.89. The SMILES string of the molecule is CC(C(=O)NCCCOC1CCC(N)CC1)n1cccn1. The van der Waals surface area contributed by atoms with Crippen LogP contribution >= 0.6 is 0 Å². The minimum atomic E-state index is -0.277. The van der Waals surface area contributed by atoms with Gasteiger partial charge in [-0.05, 0) is 45.1 Å². The minimum Gasteiger partial charge on any atom is -0.378 e. The lowest BCUT2D eigenvalue weighted by atomic mass is 9.94. The molecule has 118 valence electrons. The van der Waals surface area contributed by atoms with Crippen molar-refractivity contribution in [2.75, 3.05) is 13.2 Å². The minimum absolute atomic E-state index is 0.0117. The van der Waals surface area contributed by atoms with Gasteiger partial charge >= 0.3 is 0 Å². The van der Waals surface area contributed by atoms with Crippen LogP contribution in [-0.4, -0.2) is 41.0 Å². The fourth-order valence-electron chi connectivity index (χ4n) is 2.57. The molecular formula is C15H26N4O2. The molecule has 1 aromatic rings. The molecule has 21 heavy (non-hydrogen) atoms. The van der Waals surface area contributed by atoms with Gasteiger partial charge in [-0.25, -0.2) is 0 Å². The first kappa shape index (κ1) is 16.0. The van der Waals surface area contributed by atoms with Crippen molar-refractivity contribution in [3.05, 3.63) is 18.5 Å². The lowest BCUT2D eigenvalue weighted by Gasteiger charge is -2.26. The van der Waals surface area contributed by atoms with Crippen molar-refractivity contribution in [1.29, 1.82) is 0 Å². The van der Waals surface area contributed by atoms with Crippen molar-refractivity contribution in [3.8, 4) is 0 Å². The molecule has 0 saturated heterocycles. The smallest absolute Gasteiger partial charge is 0.244 e. The molecule has 6 heteroatoms. The van der Waals surface area contributed by atoms with Crippen LogP contribution in [0.3, 0.4) is 0 Å². The van der Waals surface area contributed by atoms with Gasteiger partial charge in [-0.3, -0.25) is 9.48 Å². The fraction of sp³-hybridized carbons (Fsp3) is 0.733. The summed E-state index contributed by atoms with van der Waals surface area (Å²) < 4.78 is 7.47. The fourth-order valence-corrected chi connectivity index (χ4v) is 2.57. The zero-order valence-electron chi connectivity index (χ0n) is 12.7. The maximum atomic E-state index is 11.9. The lowest BCUT2D eigenvalue weighted by molar-refractivity contribution is -0.124. The van der Waals surface area contributed by atoms with Gasteiger partial charge in [0.15, 0.2) is 0 Å². The van der Waals surface area contributed by atoms with Gasteiger partial charge < -0.3 is 15.8 Å². The van der Waals surface area contributed by atoms with E-state index in [4.69, 9.17) is 10.5 Å². The largest absolute Gasteiger partial charge is 0.378 e. The molecule has 1 heterocycles. The van der Waals surface area contributed by atoms with Crippen LogP contribution in [0, 0.1) is 0 Å². The maximum absolute atomic E-state index is 11.9. The molecule has 1 aliphatic carbocycles. The molecule has 1 fully saturated rings. The highest BCUT2D eigenvalue weighted by Gasteiger charge is 2.18. The van der Waals surface area contributed by atoms with Gasteiger partial charge in [0.05, 0.1) is 6.10 Å². The van der Waals surface area contributed by atoms with Gasteiger partial charge in [-0.2, -0.15) is 5.10 Å². The molecule has 2 rings (SSSR count). The monoisotopic (exact) mass is 294 g/mol. The van der Waals surface area contributed by atoms with Crippen LogP contribution in [-0.2, 0) is 9.53 Å². The van der Waals surface area contributed by atoms with E-state index in [1.165, 1.54) is 0 Å². The van der Waals surface area contributed by atoms with Crippen LogP contribution in [0.25, 0.3) is 0 Å². The van der Waals surface area contributed by atoms with Gasteiger partial charge in [0.25, 0.3) is 0 Å². The van der Waals surface area contributed by atoms with E-state index in [1.807, 2.05) is 13.0 Å². The molecular weight excluding hydrogens is 268 g/mol. The summed E-state index contributed by atoms with van der Waals surface area (Å²) in [6, 6.07) is 1.89. The van der Waals surface area contributed by atoms with Crippen molar-refractivity contribution in [3.63, 3.8) is 0 Å². The quantitative estimate of drug-likeness (QED) is 0.741. The van der Waals surface area contributed by atoms with Crippen LogP contribution in [0.5, 0.6) is 0 Å². The Balaban J connectivity index is 1.54. The second-order valence-corrected chi connectivity index (χ2v) is 5.71. The molecule has 1 saturated carbocycles. The Morgan fingerprint density at radius 2 is 2.24 bits per heavy atom. The van der Waals surface area contributed by atoms with Crippen LogP contribution in [0.4, 0.5) is 0 Å². The highest BCUT2D eigenvalue weighted by Crippen LogP contribution is 2.19. The van der Waals surface area contributed by atoms with E-state index in [2.05, 4.69) is 10.4 Å². The predicted molar refractivity (Wildman–Crippen MR) is 80.7 cm³/mol. The Morgan fingerprint density at radius 1 is 1.48 bits per heavy atom. The third-order valence-corrected chi connectivity index (χ3v) is 3.99. The van der Waals surface area contributed by atoms with E-state index < -0.39 is 0 Å². The van der Waals surface area contributed by atoms with Crippen molar-refractivity contribution >= 4 is 5.91 Å². The molecule has 0 bridgehead atoms. The standard InChI is InChI=1S/C15H26N4O2/c1-12(19-10-2-9-18-19)15(20)17-8-3-11-21-14-6-4-13(16)5-7-14/h2,9-10,12-14H,3-8,11,16H2,1H3,(H,17,20). The summed E-state index contributed by atoms with van der Waals surface area (Å²) in [6.45, 7) is 3.16. The summed E-state index contributed by atoms with van der Waals surface area (Å²) in [7, 11) is 0. The van der Waals surface area contributed by atoms with Gasteiger partial charge in [-0.1, -0.05) is 0 Å². The van der Waals surface area contributed by atoms with Crippen molar-refractivity contribution in [1.82, 2.24) is 15.1 Å². The van der Waals surface area contributed by atoms with E-state index in [9.17, 15) is 4.79 Å². The number of nitrogens with zero attached hydrogens (tertiary/aromatic N) is 2. The summed E-state index contributed by atoms with van der Waals surface area (Å²) in [5.74, 6) is -0.0117. The molecule has 1 atom stereocenters. The first-order chi connectivity index (χ1) is 10.2. The van der Waals surface area contributed by atoms with E-state index in [0.717, 1.165) is 32.1 Å². The van der Waals surface area contributed by atoms with Gasteiger partial charge in [0.1, 0.15) is 6.04 Å². The number of ether oxygens (including phenoxy) is 1. The number of aromatic nitrogens is 2. The third kappa shape index (κ3) is 5.13. The highest BCUT2D eigenvalue weighted by atomic mass is 16.5. The van der Waals surface area contributed by atoms with Crippen LogP contribution < -0.4 is 11.1 Å². The molecule has 1 aliphatic rings. The number of nitrogens with two attached hydrogens (primary N) is 1. The normalized spacial score (nSPS) is 23.7.